The molecule has 0 bridgehead atoms. The summed E-state index contributed by atoms with van der Waals surface area (Å²) in [4.78, 5) is 17.9. The minimum Gasteiger partial charge on any atom is -0.373 e. The molecule has 2 heterocycles. The minimum absolute atomic E-state index is 0.00543. The van der Waals surface area contributed by atoms with Crippen molar-refractivity contribution in [2.75, 3.05) is 13.2 Å². The van der Waals surface area contributed by atoms with Gasteiger partial charge < -0.3 is 14.4 Å². The molecule has 0 spiro atoms. The molecule has 0 saturated carbocycles. The molecule has 4 atom stereocenters. The molecule has 0 aromatic heterocycles. The summed E-state index contributed by atoms with van der Waals surface area (Å²) in [6.45, 7) is 6.84. The molecule has 1 aromatic carbocycles. The Morgan fingerprint density at radius 3 is 2.92 bits per heavy atom. The van der Waals surface area contributed by atoms with E-state index < -0.39 is 12.1 Å². The number of nitrogens with zero attached hydrogens (tertiary/aromatic N) is 4. The summed E-state index contributed by atoms with van der Waals surface area (Å²) < 4.78 is 11.6. The Bertz CT molecular complexity index is 702. The molecule has 1 fully saturated rings. The van der Waals surface area contributed by atoms with Crippen molar-refractivity contribution in [2.45, 2.75) is 64.0 Å². The Morgan fingerprint density at radius 2 is 2.19 bits per heavy atom. The SMILES string of the molecule is CC(C)O[C@H]1CO[C@@H](C(=O)N2CCc3ccccc3[C@@H]2C)CC1N=[N+]=[N-]. The Morgan fingerprint density at radius 1 is 1.42 bits per heavy atom. The van der Waals surface area contributed by atoms with E-state index in [1.165, 1.54) is 11.1 Å². The fourth-order valence-corrected chi connectivity index (χ4v) is 3.86. The van der Waals surface area contributed by atoms with Crippen molar-refractivity contribution in [3.05, 3.63) is 45.8 Å². The van der Waals surface area contributed by atoms with Crippen LogP contribution in [-0.2, 0) is 20.7 Å². The third-order valence-corrected chi connectivity index (χ3v) is 5.15. The van der Waals surface area contributed by atoms with E-state index in [-0.39, 0.29) is 30.8 Å². The van der Waals surface area contributed by atoms with Crippen molar-refractivity contribution in [1.29, 1.82) is 0 Å². The van der Waals surface area contributed by atoms with Gasteiger partial charge in [0.1, 0.15) is 6.10 Å². The Kier molecular flexibility index (Phi) is 5.81. The Hall–Kier alpha value is -2.08. The van der Waals surface area contributed by atoms with Crippen LogP contribution in [0.1, 0.15) is 44.4 Å². The van der Waals surface area contributed by atoms with Gasteiger partial charge in [0, 0.05) is 11.5 Å². The molecule has 1 saturated heterocycles. The molecule has 140 valence electrons. The summed E-state index contributed by atoms with van der Waals surface area (Å²) >= 11 is 0. The predicted molar refractivity (Wildman–Crippen MR) is 97.6 cm³/mol. The normalized spacial score (nSPS) is 28.4. The number of fused-ring (bicyclic) bond motifs is 1. The predicted octanol–water partition coefficient (Wildman–Crippen LogP) is 3.39. The molecule has 0 N–H and O–H groups in total. The second-order valence-corrected chi connectivity index (χ2v) is 7.21. The number of rotatable bonds is 4. The first-order valence-corrected chi connectivity index (χ1v) is 9.20. The van der Waals surface area contributed by atoms with Gasteiger partial charge in [0.05, 0.1) is 30.9 Å². The van der Waals surface area contributed by atoms with E-state index in [0.717, 1.165) is 6.42 Å². The van der Waals surface area contributed by atoms with Gasteiger partial charge >= 0.3 is 0 Å². The number of benzene rings is 1. The van der Waals surface area contributed by atoms with Crippen molar-refractivity contribution >= 4 is 5.91 Å². The molecule has 0 radical (unpaired) electrons. The lowest BCUT2D eigenvalue weighted by atomic mass is 9.92. The fourth-order valence-electron chi connectivity index (χ4n) is 3.86. The Balaban J connectivity index is 1.71. The average Bonchev–Trinajstić information content (AvgIpc) is 2.63. The van der Waals surface area contributed by atoms with Crippen LogP contribution < -0.4 is 0 Å². The maximum atomic E-state index is 13.1. The van der Waals surface area contributed by atoms with Crippen molar-refractivity contribution < 1.29 is 14.3 Å². The van der Waals surface area contributed by atoms with E-state index in [1.54, 1.807) is 0 Å². The largest absolute Gasteiger partial charge is 0.373 e. The maximum Gasteiger partial charge on any atom is 0.252 e. The van der Waals surface area contributed by atoms with E-state index in [4.69, 9.17) is 15.0 Å². The summed E-state index contributed by atoms with van der Waals surface area (Å²) in [7, 11) is 0. The number of carbonyl (C=O) groups is 1. The van der Waals surface area contributed by atoms with Crippen molar-refractivity contribution in [2.24, 2.45) is 5.11 Å². The highest BCUT2D eigenvalue weighted by molar-refractivity contribution is 5.82. The van der Waals surface area contributed by atoms with Crippen molar-refractivity contribution in [1.82, 2.24) is 4.90 Å². The number of carbonyl (C=O) groups excluding carboxylic acids is 1. The summed E-state index contributed by atoms with van der Waals surface area (Å²) in [5, 5.41) is 3.86. The third kappa shape index (κ3) is 3.85. The summed E-state index contributed by atoms with van der Waals surface area (Å²) in [6.07, 6.45) is 0.300. The van der Waals surface area contributed by atoms with Gasteiger partial charge in [0.15, 0.2) is 0 Å². The molecule has 7 heteroatoms. The quantitative estimate of drug-likeness (QED) is 0.469. The number of azide groups is 1. The standard InChI is InChI=1S/C19H26N4O3/c1-12(2)26-18-11-25-17(10-16(18)21-22-20)19(24)23-9-8-14-6-4-5-7-15(14)13(23)3/h4-7,12-13,16-18H,8-11H2,1-3H3/t13-,16?,17+,18-/m0/s1. The number of hydrogen-bond acceptors (Lipinski definition) is 4. The fraction of sp³-hybridized carbons (Fsp3) is 0.632. The highest BCUT2D eigenvalue weighted by Gasteiger charge is 2.39. The maximum absolute atomic E-state index is 13.1. The summed E-state index contributed by atoms with van der Waals surface area (Å²) in [5.74, 6) is -0.0341. The van der Waals surface area contributed by atoms with Crippen molar-refractivity contribution in [3.8, 4) is 0 Å². The van der Waals surface area contributed by atoms with E-state index in [1.807, 2.05) is 37.8 Å². The first kappa shape index (κ1) is 18.7. The lowest BCUT2D eigenvalue weighted by molar-refractivity contribution is -0.160. The van der Waals surface area contributed by atoms with E-state index in [9.17, 15) is 4.79 Å². The monoisotopic (exact) mass is 358 g/mol. The number of amides is 1. The van der Waals surface area contributed by atoms with Crippen LogP contribution in [0.3, 0.4) is 0 Å². The van der Waals surface area contributed by atoms with Gasteiger partial charge in [-0.1, -0.05) is 29.4 Å². The van der Waals surface area contributed by atoms with Gasteiger partial charge in [0.2, 0.25) is 0 Å². The second kappa shape index (κ2) is 8.08. The molecule has 1 amide bonds. The smallest absolute Gasteiger partial charge is 0.252 e. The average molecular weight is 358 g/mol. The van der Waals surface area contributed by atoms with Gasteiger partial charge in [-0.25, -0.2) is 0 Å². The molecule has 3 rings (SSSR count). The lowest BCUT2D eigenvalue weighted by Crippen LogP contribution is -2.51. The van der Waals surface area contributed by atoms with Gasteiger partial charge in [-0.3, -0.25) is 4.79 Å². The number of ether oxygens (including phenoxy) is 2. The molecule has 1 unspecified atom stereocenters. The van der Waals surface area contributed by atoms with Crippen LogP contribution in [0.25, 0.3) is 10.4 Å². The van der Waals surface area contributed by atoms with E-state index >= 15 is 0 Å². The van der Waals surface area contributed by atoms with Crippen LogP contribution in [0.4, 0.5) is 0 Å². The summed E-state index contributed by atoms with van der Waals surface area (Å²) in [6, 6.07) is 7.86. The van der Waals surface area contributed by atoms with Gasteiger partial charge in [-0.2, -0.15) is 0 Å². The van der Waals surface area contributed by atoms with Gasteiger partial charge in [-0.15, -0.1) is 0 Å². The van der Waals surface area contributed by atoms with E-state index in [0.29, 0.717) is 13.0 Å². The summed E-state index contributed by atoms with van der Waals surface area (Å²) in [5.41, 5.74) is 11.3. The molecular weight excluding hydrogens is 332 g/mol. The van der Waals surface area contributed by atoms with Crippen LogP contribution >= 0.6 is 0 Å². The lowest BCUT2D eigenvalue weighted by Gasteiger charge is -2.40. The molecule has 1 aromatic rings. The third-order valence-electron chi connectivity index (χ3n) is 5.15. The van der Waals surface area contributed by atoms with Gasteiger partial charge in [0.25, 0.3) is 5.91 Å². The Labute approximate surface area is 153 Å². The second-order valence-electron chi connectivity index (χ2n) is 7.21. The zero-order chi connectivity index (χ0) is 18.7. The van der Waals surface area contributed by atoms with Crippen LogP contribution in [0.5, 0.6) is 0 Å². The zero-order valence-corrected chi connectivity index (χ0v) is 15.5. The molecule has 26 heavy (non-hydrogen) atoms. The van der Waals surface area contributed by atoms with Gasteiger partial charge in [-0.05, 0) is 50.3 Å². The first-order chi connectivity index (χ1) is 12.5. The van der Waals surface area contributed by atoms with Crippen LogP contribution in [0, 0.1) is 0 Å². The number of hydrogen-bond donors (Lipinski definition) is 0. The molecular formula is C19H26N4O3. The molecule has 2 aliphatic heterocycles. The van der Waals surface area contributed by atoms with Crippen LogP contribution in [0.15, 0.2) is 29.4 Å². The zero-order valence-electron chi connectivity index (χ0n) is 15.5. The highest BCUT2D eigenvalue weighted by atomic mass is 16.5. The highest BCUT2D eigenvalue weighted by Crippen LogP contribution is 2.31. The topological polar surface area (TPSA) is 87.5 Å². The molecule has 7 nitrogen and oxygen atoms in total. The van der Waals surface area contributed by atoms with Crippen molar-refractivity contribution in [3.63, 3.8) is 0 Å². The van der Waals surface area contributed by atoms with Crippen LogP contribution in [0.2, 0.25) is 0 Å². The molecule has 0 aliphatic carbocycles. The van der Waals surface area contributed by atoms with Crippen LogP contribution in [-0.4, -0.2) is 48.3 Å². The molecule has 2 aliphatic rings. The minimum atomic E-state index is -0.592. The van der Waals surface area contributed by atoms with E-state index in [2.05, 4.69) is 22.2 Å². The first-order valence-electron chi connectivity index (χ1n) is 9.20.